The molecule has 0 spiro atoms. The second-order valence-corrected chi connectivity index (χ2v) is 6.76. The van der Waals surface area contributed by atoms with Crippen molar-refractivity contribution in [3.63, 3.8) is 0 Å². The number of furan rings is 1. The summed E-state index contributed by atoms with van der Waals surface area (Å²) in [7, 11) is 0. The molecule has 5 heteroatoms. The third kappa shape index (κ3) is 3.80. The van der Waals surface area contributed by atoms with Crippen LogP contribution in [0, 0.1) is 6.92 Å². The number of benzene rings is 2. The fraction of sp³-hybridized carbons (Fsp3) is 0.125. The Kier molecular flexibility index (Phi) is 4.96. The maximum absolute atomic E-state index is 13.0. The van der Waals surface area contributed by atoms with Gasteiger partial charge in [-0.25, -0.2) is 9.78 Å². The lowest BCUT2D eigenvalue weighted by Gasteiger charge is -2.14. The Balaban J connectivity index is 1.68. The van der Waals surface area contributed by atoms with E-state index in [1.807, 2.05) is 43.3 Å². The molecule has 0 radical (unpaired) electrons. The second-order valence-electron chi connectivity index (χ2n) is 6.76. The zero-order valence-corrected chi connectivity index (χ0v) is 16.1. The molecule has 5 nitrogen and oxygen atoms in total. The van der Waals surface area contributed by atoms with Gasteiger partial charge in [-0.3, -0.25) is 4.79 Å². The minimum Gasteiger partial charge on any atom is -0.460 e. The number of esters is 1. The summed E-state index contributed by atoms with van der Waals surface area (Å²) < 4.78 is 11.2. The molecule has 4 rings (SSSR count). The van der Waals surface area contributed by atoms with Crippen molar-refractivity contribution in [1.82, 2.24) is 4.98 Å². The van der Waals surface area contributed by atoms with Crippen molar-refractivity contribution in [3.05, 3.63) is 89.7 Å². The third-order valence-corrected chi connectivity index (χ3v) is 4.64. The van der Waals surface area contributed by atoms with E-state index in [9.17, 15) is 9.59 Å². The molecule has 2 aromatic heterocycles. The number of hydrogen-bond acceptors (Lipinski definition) is 5. The van der Waals surface area contributed by atoms with Crippen LogP contribution in [0.3, 0.4) is 0 Å². The number of Topliss-reactive ketones (excluding diaryl/α,β-unsaturated/α-hetero) is 1. The molecule has 0 unspecified atom stereocenters. The van der Waals surface area contributed by atoms with Gasteiger partial charge in [0.1, 0.15) is 11.5 Å². The van der Waals surface area contributed by atoms with Crippen molar-refractivity contribution in [2.24, 2.45) is 0 Å². The van der Waals surface area contributed by atoms with E-state index >= 15 is 0 Å². The topological polar surface area (TPSA) is 69.4 Å². The lowest BCUT2D eigenvalue weighted by atomic mass is 10.1. The molecule has 0 bridgehead atoms. The van der Waals surface area contributed by atoms with Crippen LogP contribution in [0.1, 0.15) is 33.4 Å². The Labute approximate surface area is 168 Å². The Morgan fingerprint density at radius 1 is 0.966 bits per heavy atom. The van der Waals surface area contributed by atoms with E-state index in [1.165, 1.54) is 0 Å². The number of ether oxygens (including phenoxy) is 1. The molecule has 0 aliphatic carbocycles. The Bertz CT molecular complexity index is 1190. The van der Waals surface area contributed by atoms with Gasteiger partial charge in [-0.15, -0.1) is 0 Å². The largest absolute Gasteiger partial charge is 0.460 e. The monoisotopic (exact) mass is 385 g/mol. The van der Waals surface area contributed by atoms with E-state index in [2.05, 4.69) is 4.98 Å². The summed E-state index contributed by atoms with van der Waals surface area (Å²) in [6.45, 7) is 3.42. The van der Waals surface area contributed by atoms with Crippen LogP contribution in [0.5, 0.6) is 0 Å². The lowest BCUT2D eigenvalue weighted by molar-refractivity contribution is 0.0320. The maximum Gasteiger partial charge on any atom is 0.339 e. The van der Waals surface area contributed by atoms with E-state index in [1.54, 1.807) is 43.3 Å². The molecule has 0 aliphatic heterocycles. The van der Waals surface area contributed by atoms with Crippen LogP contribution in [0.25, 0.3) is 22.4 Å². The molecule has 144 valence electrons. The SMILES string of the molecule is Cc1ccc(-c2cc(C(=O)O[C@H](C)C(=O)c3ccccc3)c3ccccc3n2)o1. The second kappa shape index (κ2) is 7.72. The van der Waals surface area contributed by atoms with Crippen LogP contribution < -0.4 is 0 Å². The van der Waals surface area contributed by atoms with Gasteiger partial charge < -0.3 is 9.15 Å². The van der Waals surface area contributed by atoms with Crippen LogP contribution in [0.2, 0.25) is 0 Å². The molecule has 0 saturated carbocycles. The minimum atomic E-state index is -0.911. The van der Waals surface area contributed by atoms with E-state index in [4.69, 9.17) is 9.15 Å². The number of nitrogens with zero attached hydrogens (tertiary/aromatic N) is 1. The highest BCUT2D eigenvalue weighted by atomic mass is 16.5. The van der Waals surface area contributed by atoms with Gasteiger partial charge in [-0.05, 0) is 38.1 Å². The number of aryl methyl sites for hydroxylation is 1. The van der Waals surface area contributed by atoms with Crippen molar-refractivity contribution in [1.29, 1.82) is 0 Å². The molecule has 0 N–H and O–H groups in total. The molecule has 0 amide bonds. The van der Waals surface area contributed by atoms with Gasteiger partial charge in [0, 0.05) is 10.9 Å². The van der Waals surface area contributed by atoms with Crippen molar-refractivity contribution >= 4 is 22.7 Å². The first-order valence-corrected chi connectivity index (χ1v) is 9.30. The molecule has 0 fully saturated rings. The van der Waals surface area contributed by atoms with Gasteiger partial charge in [0.2, 0.25) is 5.78 Å². The van der Waals surface area contributed by atoms with Crippen LogP contribution in [0.15, 0.2) is 77.2 Å². The van der Waals surface area contributed by atoms with Gasteiger partial charge in [0.05, 0.1) is 11.1 Å². The van der Waals surface area contributed by atoms with Crippen molar-refractivity contribution < 1.29 is 18.7 Å². The number of ketones is 1. The molecule has 1 atom stereocenters. The molecular formula is C24H19NO4. The average molecular weight is 385 g/mol. The predicted octanol–water partition coefficient (Wildman–Crippen LogP) is 5.23. The molecule has 29 heavy (non-hydrogen) atoms. The average Bonchev–Trinajstić information content (AvgIpc) is 3.19. The maximum atomic E-state index is 13.0. The first-order chi connectivity index (χ1) is 14.0. The lowest BCUT2D eigenvalue weighted by Crippen LogP contribution is -2.24. The zero-order valence-electron chi connectivity index (χ0n) is 16.1. The third-order valence-electron chi connectivity index (χ3n) is 4.64. The van der Waals surface area contributed by atoms with Crippen LogP contribution >= 0.6 is 0 Å². The Morgan fingerprint density at radius 2 is 1.69 bits per heavy atom. The van der Waals surface area contributed by atoms with Crippen LogP contribution in [0.4, 0.5) is 0 Å². The summed E-state index contributed by atoms with van der Waals surface area (Å²) in [6.07, 6.45) is -0.911. The summed E-state index contributed by atoms with van der Waals surface area (Å²) in [5.74, 6) is 0.487. The summed E-state index contributed by atoms with van der Waals surface area (Å²) in [4.78, 5) is 30.1. The van der Waals surface area contributed by atoms with Gasteiger partial charge >= 0.3 is 5.97 Å². The number of aromatic nitrogens is 1. The number of fused-ring (bicyclic) bond motifs is 1. The summed E-state index contributed by atoms with van der Waals surface area (Å²) in [6, 6.07) is 21.4. The normalized spacial score (nSPS) is 11.9. The molecule has 0 saturated heterocycles. The number of hydrogen-bond donors (Lipinski definition) is 0. The predicted molar refractivity (Wildman–Crippen MR) is 110 cm³/mol. The van der Waals surface area contributed by atoms with Crippen LogP contribution in [-0.2, 0) is 4.74 Å². The fourth-order valence-electron chi connectivity index (χ4n) is 3.16. The molecule has 2 aromatic carbocycles. The number of carbonyl (C=O) groups excluding carboxylic acids is 2. The molecule has 0 aliphatic rings. The van der Waals surface area contributed by atoms with Crippen LogP contribution in [-0.4, -0.2) is 22.8 Å². The number of para-hydroxylation sites is 1. The first kappa shape index (κ1) is 18.6. The molecular weight excluding hydrogens is 366 g/mol. The fourth-order valence-corrected chi connectivity index (χ4v) is 3.16. The van der Waals surface area contributed by atoms with E-state index < -0.39 is 12.1 Å². The van der Waals surface area contributed by atoms with Gasteiger partial charge in [-0.1, -0.05) is 48.5 Å². The van der Waals surface area contributed by atoms with E-state index in [0.717, 1.165) is 5.76 Å². The summed E-state index contributed by atoms with van der Waals surface area (Å²) in [5, 5.41) is 0.656. The first-order valence-electron chi connectivity index (χ1n) is 9.30. The van der Waals surface area contributed by atoms with Gasteiger partial charge in [-0.2, -0.15) is 0 Å². The zero-order chi connectivity index (χ0) is 20.4. The van der Waals surface area contributed by atoms with Crippen molar-refractivity contribution in [3.8, 4) is 11.5 Å². The Hall–Kier alpha value is -3.73. The van der Waals surface area contributed by atoms with Crippen molar-refractivity contribution in [2.45, 2.75) is 20.0 Å². The summed E-state index contributed by atoms with van der Waals surface area (Å²) in [5.41, 5.74) is 2.02. The van der Waals surface area contributed by atoms with Gasteiger partial charge in [0.25, 0.3) is 0 Å². The smallest absolute Gasteiger partial charge is 0.339 e. The Morgan fingerprint density at radius 3 is 2.41 bits per heavy atom. The quantitative estimate of drug-likeness (QED) is 0.347. The van der Waals surface area contributed by atoms with Gasteiger partial charge in [0.15, 0.2) is 11.9 Å². The van der Waals surface area contributed by atoms with E-state index in [-0.39, 0.29) is 5.78 Å². The minimum absolute atomic E-state index is 0.251. The standard InChI is InChI=1S/C24H19NO4/c1-15-12-13-22(28-15)21-14-19(18-10-6-7-11-20(18)25-21)24(27)29-16(2)23(26)17-8-4-3-5-9-17/h3-14,16H,1-2H3/t16-/m1/s1. The number of rotatable bonds is 5. The number of carbonyl (C=O) groups is 2. The highest BCUT2D eigenvalue weighted by Gasteiger charge is 2.23. The molecule has 2 heterocycles. The van der Waals surface area contributed by atoms with Crippen molar-refractivity contribution in [2.75, 3.05) is 0 Å². The highest BCUT2D eigenvalue weighted by molar-refractivity contribution is 6.06. The summed E-state index contributed by atoms with van der Waals surface area (Å²) >= 11 is 0. The van der Waals surface area contributed by atoms with E-state index in [0.29, 0.717) is 33.5 Å². The highest BCUT2D eigenvalue weighted by Crippen LogP contribution is 2.27. The number of pyridine rings is 1. The molecule has 4 aromatic rings.